The highest BCUT2D eigenvalue weighted by molar-refractivity contribution is 5.88. The second-order valence-electron chi connectivity index (χ2n) is 8.17. The Labute approximate surface area is 188 Å². The minimum atomic E-state index is -1.18. The van der Waals surface area contributed by atoms with Gasteiger partial charge in [0, 0.05) is 13.0 Å². The molecule has 1 atom stereocenters. The third-order valence-electron chi connectivity index (χ3n) is 4.32. The first-order valence-electron chi connectivity index (χ1n) is 10.4. The van der Waals surface area contributed by atoms with E-state index >= 15 is 0 Å². The van der Waals surface area contributed by atoms with E-state index in [4.69, 9.17) is 14.6 Å². The highest BCUT2D eigenvalue weighted by Gasteiger charge is 2.33. The lowest BCUT2D eigenvalue weighted by molar-refractivity contribution is -0.138. The summed E-state index contributed by atoms with van der Waals surface area (Å²) in [6, 6.07) is 17.3. The van der Waals surface area contributed by atoms with E-state index in [1.165, 1.54) is 4.90 Å². The Morgan fingerprint density at radius 2 is 1.59 bits per heavy atom. The molecule has 0 spiro atoms. The molecular formula is C24H30N2O6. The van der Waals surface area contributed by atoms with Crippen LogP contribution in [0.4, 0.5) is 4.79 Å². The van der Waals surface area contributed by atoms with Crippen LogP contribution >= 0.6 is 0 Å². The van der Waals surface area contributed by atoms with Crippen LogP contribution in [-0.2, 0) is 20.9 Å². The molecule has 2 amide bonds. The lowest BCUT2D eigenvalue weighted by Crippen LogP contribution is -2.51. The zero-order chi connectivity index (χ0) is 23.6. The van der Waals surface area contributed by atoms with Gasteiger partial charge >= 0.3 is 12.1 Å². The fourth-order valence-corrected chi connectivity index (χ4v) is 2.92. The number of nitrogens with one attached hydrogen (secondary N) is 1. The van der Waals surface area contributed by atoms with Gasteiger partial charge in [-0.25, -0.2) is 4.79 Å². The molecule has 0 radical (unpaired) electrons. The summed E-state index contributed by atoms with van der Waals surface area (Å²) in [7, 11) is 0. The van der Waals surface area contributed by atoms with Crippen molar-refractivity contribution in [3.63, 3.8) is 0 Å². The summed E-state index contributed by atoms with van der Waals surface area (Å²) in [5.41, 5.74) is 0.0349. The SMILES string of the molecule is CC(C)(C)OC(=O)N(Cc1ccccc1)[C@@H](CCOc1ccccc1)C(=O)NCC(=O)O. The normalized spacial score (nSPS) is 11.8. The first-order chi connectivity index (χ1) is 15.2. The Morgan fingerprint density at radius 3 is 2.16 bits per heavy atom. The number of nitrogens with zero attached hydrogens (tertiary/aromatic N) is 1. The van der Waals surface area contributed by atoms with Crippen LogP contribution in [0.2, 0.25) is 0 Å². The zero-order valence-corrected chi connectivity index (χ0v) is 18.6. The van der Waals surface area contributed by atoms with E-state index in [1.807, 2.05) is 48.5 Å². The van der Waals surface area contributed by atoms with E-state index in [1.54, 1.807) is 32.9 Å². The molecule has 8 nitrogen and oxygen atoms in total. The van der Waals surface area contributed by atoms with Gasteiger partial charge in [-0.05, 0) is 38.5 Å². The van der Waals surface area contributed by atoms with E-state index in [0.29, 0.717) is 5.75 Å². The first-order valence-corrected chi connectivity index (χ1v) is 10.4. The summed E-state index contributed by atoms with van der Waals surface area (Å²) in [5, 5.41) is 11.3. The summed E-state index contributed by atoms with van der Waals surface area (Å²) in [5.74, 6) is -1.14. The Hall–Kier alpha value is -3.55. The highest BCUT2D eigenvalue weighted by atomic mass is 16.6. The van der Waals surface area contributed by atoms with E-state index in [0.717, 1.165) is 5.56 Å². The number of hydrogen-bond acceptors (Lipinski definition) is 5. The number of carbonyl (C=O) groups is 3. The molecule has 2 aromatic carbocycles. The van der Waals surface area contributed by atoms with Crippen LogP contribution in [-0.4, -0.2) is 52.8 Å². The number of amides is 2. The van der Waals surface area contributed by atoms with Crippen LogP contribution in [0.1, 0.15) is 32.8 Å². The highest BCUT2D eigenvalue weighted by Crippen LogP contribution is 2.18. The molecule has 0 aliphatic carbocycles. The van der Waals surface area contributed by atoms with E-state index in [9.17, 15) is 14.4 Å². The maximum atomic E-state index is 13.0. The van der Waals surface area contributed by atoms with Gasteiger partial charge in [-0.15, -0.1) is 0 Å². The number of ether oxygens (including phenoxy) is 2. The van der Waals surface area contributed by atoms with Gasteiger partial charge < -0.3 is 19.9 Å². The van der Waals surface area contributed by atoms with Crippen molar-refractivity contribution < 1.29 is 29.0 Å². The Morgan fingerprint density at radius 1 is 1.00 bits per heavy atom. The van der Waals surface area contributed by atoms with Crippen molar-refractivity contribution in [3.05, 3.63) is 66.2 Å². The molecule has 2 aromatic rings. The number of para-hydroxylation sites is 1. The van der Waals surface area contributed by atoms with Gasteiger partial charge in [-0.3, -0.25) is 14.5 Å². The summed E-state index contributed by atoms with van der Waals surface area (Å²) in [6.45, 7) is 4.93. The molecule has 2 rings (SSSR count). The molecule has 8 heteroatoms. The Kier molecular flexibility index (Phi) is 9.07. The van der Waals surface area contributed by atoms with Crippen molar-refractivity contribution in [1.29, 1.82) is 0 Å². The maximum absolute atomic E-state index is 13.0. The van der Waals surface area contributed by atoms with Gasteiger partial charge in [-0.2, -0.15) is 0 Å². The average molecular weight is 443 g/mol. The van der Waals surface area contributed by atoms with Crippen LogP contribution in [0, 0.1) is 0 Å². The molecule has 0 aliphatic rings. The van der Waals surface area contributed by atoms with Crippen molar-refractivity contribution in [3.8, 4) is 5.75 Å². The molecule has 172 valence electrons. The van der Waals surface area contributed by atoms with Gasteiger partial charge in [0.05, 0.1) is 6.61 Å². The predicted molar refractivity (Wildman–Crippen MR) is 119 cm³/mol. The Balaban J connectivity index is 2.26. The van der Waals surface area contributed by atoms with Crippen LogP contribution < -0.4 is 10.1 Å². The molecule has 32 heavy (non-hydrogen) atoms. The largest absolute Gasteiger partial charge is 0.494 e. The molecule has 0 aliphatic heterocycles. The van der Waals surface area contributed by atoms with Crippen LogP contribution in [0.5, 0.6) is 5.75 Å². The summed E-state index contributed by atoms with van der Waals surface area (Å²) >= 11 is 0. The smallest absolute Gasteiger partial charge is 0.411 e. The predicted octanol–water partition coefficient (Wildman–Crippen LogP) is 3.46. The zero-order valence-electron chi connectivity index (χ0n) is 18.6. The molecule has 0 unspecified atom stereocenters. The average Bonchev–Trinajstić information content (AvgIpc) is 2.74. The summed E-state index contributed by atoms with van der Waals surface area (Å²) in [6.07, 6.45) is -0.525. The number of aliphatic carboxylic acids is 1. The monoisotopic (exact) mass is 442 g/mol. The number of carbonyl (C=O) groups excluding carboxylic acids is 2. The number of carboxylic acid groups (broad SMARTS) is 1. The maximum Gasteiger partial charge on any atom is 0.411 e. The fourth-order valence-electron chi connectivity index (χ4n) is 2.92. The van der Waals surface area contributed by atoms with Crippen molar-refractivity contribution in [1.82, 2.24) is 10.2 Å². The van der Waals surface area contributed by atoms with Crippen molar-refractivity contribution in [2.24, 2.45) is 0 Å². The van der Waals surface area contributed by atoms with E-state index in [-0.39, 0.29) is 19.6 Å². The molecule has 0 saturated heterocycles. The van der Waals surface area contributed by atoms with E-state index < -0.39 is 36.2 Å². The minimum Gasteiger partial charge on any atom is -0.494 e. The second kappa shape index (κ2) is 11.7. The number of carboxylic acids is 1. The summed E-state index contributed by atoms with van der Waals surface area (Å²) < 4.78 is 11.3. The lowest BCUT2D eigenvalue weighted by Gasteiger charge is -2.33. The van der Waals surface area contributed by atoms with Gasteiger partial charge in [-0.1, -0.05) is 48.5 Å². The third kappa shape index (κ3) is 8.67. The van der Waals surface area contributed by atoms with Gasteiger partial charge in [0.2, 0.25) is 5.91 Å². The number of hydrogen-bond donors (Lipinski definition) is 2. The standard InChI is InChI=1S/C24H30N2O6/c1-24(2,3)32-23(30)26(17-18-10-6-4-7-11-18)20(22(29)25-16-21(27)28)14-15-31-19-12-8-5-9-13-19/h4-13,20H,14-17H2,1-3H3,(H,25,29)(H,27,28)/t20-/m0/s1. The van der Waals surface area contributed by atoms with Gasteiger partial charge in [0.25, 0.3) is 0 Å². The molecule has 0 fully saturated rings. The minimum absolute atomic E-state index is 0.117. The van der Waals surface area contributed by atoms with Crippen molar-refractivity contribution in [2.45, 2.75) is 45.4 Å². The molecule has 0 saturated carbocycles. The topological polar surface area (TPSA) is 105 Å². The number of rotatable bonds is 10. The van der Waals surface area contributed by atoms with Crippen LogP contribution in [0.3, 0.4) is 0 Å². The third-order valence-corrected chi connectivity index (χ3v) is 4.32. The number of benzene rings is 2. The van der Waals surface area contributed by atoms with Crippen LogP contribution in [0.25, 0.3) is 0 Å². The van der Waals surface area contributed by atoms with Crippen LogP contribution in [0.15, 0.2) is 60.7 Å². The van der Waals surface area contributed by atoms with Crippen molar-refractivity contribution >= 4 is 18.0 Å². The van der Waals surface area contributed by atoms with Gasteiger partial charge in [0.15, 0.2) is 0 Å². The quantitative estimate of drug-likeness (QED) is 0.584. The lowest BCUT2D eigenvalue weighted by atomic mass is 10.1. The van der Waals surface area contributed by atoms with Gasteiger partial charge in [0.1, 0.15) is 23.9 Å². The molecule has 0 aromatic heterocycles. The molecule has 0 heterocycles. The first kappa shape index (κ1) is 24.7. The summed E-state index contributed by atoms with van der Waals surface area (Å²) in [4.78, 5) is 38.2. The molecule has 2 N–H and O–H groups in total. The second-order valence-corrected chi connectivity index (χ2v) is 8.17. The van der Waals surface area contributed by atoms with E-state index in [2.05, 4.69) is 5.32 Å². The van der Waals surface area contributed by atoms with Crippen molar-refractivity contribution in [2.75, 3.05) is 13.2 Å². The Bertz CT molecular complexity index is 880. The fraction of sp³-hybridized carbons (Fsp3) is 0.375. The molecular weight excluding hydrogens is 412 g/mol. The molecule has 0 bridgehead atoms.